The molecule has 0 bridgehead atoms. The minimum absolute atomic E-state index is 0.139. The van der Waals surface area contributed by atoms with Crippen LogP contribution in [0.2, 0.25) is 0 Å². The second-order valence-corrected chi connectivity index (χ2v) is 8.44. The molecule has 3 N–H and O–H groups in total. The van der Waals surface area contributed by atoms with Gasteiger partial charge in [-0.05, 0) is 68.7 Å². The average Bonchev–Trinajstić information content (AvgIpc) is 2.75. The fourth-order valence-electron chi connectivity index (χ4n) is 4.39. The number of nitrogens with zero attached hydrogens (tertiary/aromatic N) is 1. The zero-order chi connectivity index (χ0) is 21.0. The summed E-state index contributed by atoms with van der Waals surface area (Å²) in [5, 5.41) is 2.95. The first-order valence-electron chi connectivity index (χ1n) is 10.4. The third kappa shape index (κ3) is 4.71. The molecule has 1 saturated carbocycles. The molecule has 158 valence electrons. The molecule has 2 aliphatic rings. The number of carbonyl (C=O) groups excluding carboxylic acids is 3. The Labute approximate surface area is 172 Å². The van der Waals surface area contributed by atoms with Gasteiger partial charge >= 0.3 is 5.97 Å². The highest BCUT2D eigenvalue weighted by Gasteiger charge is 2.43. The minimum atomic E-state index is -0.946. The maximum Gasteiger partial charge on any atom is 0.331 e. The Balaban J connectivity index is 1.69. The SMILES string of the molecule is COC(=O)C1(NC(=O)c2ccc(N3CCCC(C(N)=O)C3)cc2)CCC(C)CC1. The molecule has 1 unspecified atom stereocenters. The number of primary amides is 1. The van der Waals surface area contributed by atoms with Gasteiger partial charge in [0.25, 0.3) is 5.91 Å². The van der Waals surface area contributed by atoms with Crippen molar-refractivity contribution in [3.8, 4) is 0 Å². The molecule has 0 aromatic heterocycles. The lowest BCUT2D eigenvalue weighted by molar-refractivity contribution is -0.150. The summed E-state index contributed by atoms with van der Waals surface area (Å²) in [4.78, 5) is 38.9. The smallest absolute Gasteiger partial charge is 0.331 e. The molecule has 2 fully saturated rings. The van der Waals surface area contributed by atoms with Crippen molar-refractivity contribution in [1.82, 2.24) is 5.32 Å². The van der Waals surface area contributed by atoms with Gasteiger partial charge in [-0.15, -0.1) is 0 Å². The van der Waals surface area contributed by atoms with E-state index in [1.807, 2.05) is 12.1 Å². The van der Waals surface area contributed by atoms with Crippen molar-refractivity contribution < 1.29 is 19.1 Å². The number of benzene rings is 1. The monoisotopic (exact) mass is 401 g/mol. The van der Waals surface area contributed by atoms with Crippen LogP contribution in [0.25, 0.3) is 0 Å². The van der Waals surface area contributed by atoms with Gasteiger partial charge in [0.2, 0.25) is 5.91 Å². The normalized spacial score (nSPS) is 27.2. The summed E-state index contributed by atoms with van der Waals surface area (Å²) < 4.78 is 4.99. The van der Waals surface area contributed by atoms with Crippen molar-refractivity contribution in [3.05, 3.63) is 29.8 Å². The molecule has 7 heteroatoms. The van der Waals surface area contributed by atoms with Crippen molar-refractivity contribution in [2.75, 3.05) is 25.1 Å². The van der Waals surface area contributed by atoms with Crippen LogP contribution < -0.4 is 16.0 Å². The fourth-order valence-corrected chi connectivity index (χ4v) is 4.39. The quantitative estimate of drug-likeness (QED) is 0.737. The average molecular weight is 402 g/mol. The number of anilines is 1. The van der Waals surface area contributed by atoms with E-state index in [-0.39, 0.29) is 23.7 Å². The summed E-state index contributed by atoms with van der Waals surface area (Å²) in [6, 6.07) is 7.28. The predicted molar refractivity (Wildman–Crippen MR) is 110 cm³/mol. The zero-order valence-electron chi connectivity index (χ0n) is 17.3. The van der Waals surface area contributed by atoms with Crippen molar-refractivity contribution in [3.63, 3.8) is 0 Å². The summed E-state index contributed by atoms with van der Waals surface area (Å²) in [6.07, 6.45) is 4.67. The largest absolute Gasteiger partial charge is 0.467 e. The third-order valence-electron chi connectivity index (χ3n) is 6.38. The van der Waals surface area contributed by atoms with E-state index in [0.29, 0.717) is 30.9 Å². The van der Waals surface area contributed by atoms with Crippen LogP contribution in [0, 0.1) is 11.8 Å². The Kier molecular flexibility index (Phi) is 6.45. The highest BCUT2D eigenvalue weighted by atomic mass is 16.5. The number of carbonyl (C=O) groups is 3. The van der Waals surface area contributed by atoms with E-state index in [1.54, 1.807) is 12.1 Å². The van der Waals surface area contributed by atoms with Crippen LogP contribution in [0.15, 0.2) is 24.3 Å². The molecule has 1 heterocycles. The Hall–Kier alpha value is -2.57. The highest BCUT2D eigenvalue weighted by molar-refractivity contribution is 5.98. The number of ether oxygens (including phenoxy) is 1. The van der Waals surface area contributed by atoms with Gasteiger partial charge < -0.3 is 20.7 Å². The lowest BCUT2D eigenvalue weighted by Gasteiger charge is -2.37. The summed E-state index contributed by atoms with van der Waals surface area (Å²) in [6.45, 7) is 3.62. The number of nitrogens with one attached hydrogen (secondary N) is 1. The van der Waals surface area contributed by atoms with E-state index in [2.05, 4.69) is 17.1 Å². The molecule has 1 aliphatic heterocycles. The van der Waals surface area contributed by atoms with E-state index in [9.17, 15) is 14.4 Å². The number of amides is 2. The summed E-state index contributed by atoms with van der Waals surface area (Å²) in [5.74, 6) is -0.510. The van der Waals surface area contributed by atoms with Crippen LogP contribution in [-0.4, -0.2) is 43.5 Å². The second kappa shape index (κ2) is 8.84. The van der Waals surface area contributed by atoms with Gasteiger partial charge in [0.15, 0.2) is 0 Å². The van der Waals surface area contributed by atoms with Crippen LogP contribution in [0.5, 0.6) is 0 Å². The van der Waals surface area contributed by atoms with Crippen LogP contribution in [0.3, 0.4) is 0 Å². The Bertz CT molecular complexity index is 754. The number of rotatable bonds is 5. The number of hydrogen-bond donors (Lipinski definition) is 2. The standard InChI is InChI=1S/C22H31N3O4/c1-15-9-11-22(12-10-15,21(28)29-2)24-20(27)16-5-7-18(8-6-16)25-13-3-4-17(14-25)19(23)26/h5-8,15,17H,3-4,9-14H2,1-2H3,(H2,23,26)(H,24,27). The number of piperidine rings is 1. The molecule has 1 atom stereocenters. The van der Waals surface area contributed by atoms with E-state index >= 15 is 0 Å². The van der Waals surface area contributed by atoms with Gasteiger partial charge in [-0.3, -0.25) is 9.59 Å². The molecule has 0 spiro atoms. The van der Waals surface area contributed by atoms with Crippen molar-refractivity contribution in [2.24, 2.45) is 17.6 Å². The van der Waals surface area contributed by atoms with Gasteiger partial charge in [-0.1, -0.05) is 6.92 Å². The number of nitrogens with two attached hydrogens (primary N) is 1. The lowest BCUT2D eigenvalue weighted by Crippen LogP contribution is -2.56. The molecule has 7 nitrogen and oxygen atoms in total. The van der Waals surface area contributed by atoms with Gasteiger partial charge in [-0.2, -0.15) is 0 Å². The first-order chi connectivity index (χ1) is 13.8. The topological polar surface area (TPSA) is 102 Å². The molecule has 1 aromatic carbocycles. The lowest BCUT2D eigenvalue weighted by atomic mass is 9.77. The van der Waals surface area contributed by atoms with Gasteiger partial charge in [0.05, 0.1) is 13.0 Å². The zero-order valence-corrected chi connectivity index (χ0v) is 17.3. The Morgan fingerprint density at radius 3 is 2.38 bits per heavy atom. The van der Waals surface area contributed by atoms with Crippen LogP contribution >= 0.6 is 0 Å². The molecule has 2 amide bonds. The van der Waals surface area contributed by atoms with Crippen molar-refractivity contribution >= 4 is 23.5 Å². The Morgan fingerprint density at radius 2 is 1.79 bits per heavy atom. The van der Waals surface area contributed by atoms with Crippen LogP contribution in [0.1, 0.15) is 55.8 Å². The van der Waals surface area contributed by atoms with E-state index in [4.69, 9.17) is 10.5 Å². The molecular formula is C22H31N3O4. The molecule has 0 radical (unpaired) electrons. The third-order valence-corrected chi connectivity index (χ3v) is 6.38. The van der Waals surface area contributed by atoms with E-state index in [0.717, 1.165) is 37.9 Å². The van der Waals surface area contributed by atoms with Crippen LogP contribution in [0.4, 0.5) is 5.69 Å². The molecule has 1 aliphatic carbocycles. The molecular weight excluding hydrogens is 370 g/mol. The second-order valence-electron chi connectivity index (χ2n) is 8.44. The van der Waals surface area contributed by atoms with E-state index < -0.39 is 5.54 Å². The van der Waals surface area contributed by atoms with Gasteiger partial charge in [-0.25, -0.2) is 4.79 Å². The first-order valence-corrected chi connectivity index (χ1v) is 10.4. The number of methoxy groups -OCH3 is 1. The highest BCUT2D eigenvalue weighted by Crippen LogP contribution is 2.33. The van der Waals surface area contributed by atoms with Gasteiger partial charge in [0, 0.05) is 24.3 Å². The number of esters is 1. The molecule has 1 aromatic rings. The fraction of sp³-hybridized carbons (Fsp3) is 0.591. The van der Waals surface area contributed by atoms with Crippen molar-refractivity contribution in [2.45, 2.75) is 51.0 Å². The van der Waals surface area contributed by atoms with Gasteiger partial charge in [0.1, 0.15) is 5.54 Å². The Morgan fingerprint density at radius 1 is 1.14 bits per heavy atom. The van der Waals surface area contributed by atoms with E-state index in [1.165, 1.54) is 7.11 Å². The number of hydrogen-bond acceptors (Lipinski definition) is 5. The maximum atomic E-state index is 12.9. The molecule has 1 saturated heterocycles. The summed E-state index contributed by atoms with van der Waals surface area (Å²) in [5.41, 5.74) is 5.97. The minimum Gasteiger partial charge on any atom is -0.467 e. The maximum absolute atomic E-state index is 12.9. The van der Waals surface area contributed by atoms with Crippen LogP contribution in [-0.2, 0) is 14.3 Å². The molecule has 3 rings (SSSR count). The predicted octanol–water partition coefficient (Wildman–Crippen LogP) is 2.24. The molecule has 29 heavy (non-hydrogen) atoms. The summed E-state index contributed by atoms with van der Waals surface area (Å²) >= 11 is 0. The van der Waals surface area contributed by atoms with Crippen molar-refractivity contribution in [1.29, 1.82) is 0 Å². The first kappa shape index (κ1) is 21.1. The summed E-state index contributed by atoms with van der Waals surface area (Å²) in [7, 11) is 1.36.